The van der Waals surface area contributed by atoms with Crippen LogP contribution in [0.4, 0.5) is 0 Å². The van der Waals surface area contributed by atoms with E-state index >= 15 is 0 Å². The molecule has 0 bridgehead atoms. The minimum Gasteiger partial charge on any atom is -0.342 e. The predicted octanol–water partition coefficient (Wildman–Crippen LogP) is 1.63. The molecule has 2 aliphatic heterocycles. The normalized spacial score (nSPS) is 29.6. The van der Waals surface area contributed by atoms with E-state index in [1.165, 1.54) is 12.8 Å². The predicted molar refractivity (Wildman–Crippen MR) is 65.2 cm³/mol. The fourth-order valence-electron chi connectivity index (χ4n) is 3.16. The molecular weight excluding hydrogens is 200 g/mol. The SMILES string of the molecule is CCC(CC)C(=O)N1CCC2(CCNC2)C1. The highest BCUT2D eigenvalue weighted by Crippen LogP contribution is 2.36. The van der Waals surface area contributed by atoms with E-state index in [2.05, 4.69) is 24.1 Å². The number of hydrogen-bond donors (Lipinski definition) is 1. The Balaban J connectivity index is 1.95. The van der Waals surface area contributed by atoms with Crippen LogP contribution in [0.2, 0.25) is 0 Å². The summed E-state index contributed by atoms with van der Waals surface area (Å²) < 4.78 is 0. The average Bonchev–Trinajstić information content (AvgIpc) is 2.91. The maximum Gasteiger partial charge on any atom is 0.225 e. The van der Waals surface area contributed by atoms with Crippen LogP contribution in [-0.2, 0) is 4.79 Å². The van der Waals surface area contributed by atoms with E-state index in [-0.39, 0.29) is 5.92 Å². The van der Waals surface area contributed by atoms with Crippen molar-refractivity contribution in [1.29, 1.82) is 0 Å². The third-order valence-corrected chi connectivity index (χ3v) is 4.42. The minimum absolute atomic E-state index is 0.254. The molecule has 2 rings (SSSR count). The van der Waals surface area contributed by atoms with Crippen LogP contribution in [0.5, 0.6) is 0 Å². The Labute approximate surface area is 98.6 Å². The van der Waals surface area contributed by atoms with Crippen LogP contribution in [0.1, 0.15) is 39.5 Å². The van der Waals surface area contributed by atoms with Gasteiger partial charge in [0.1, 0.15) is 0 Å². The second kappa shape index (κ2) is 4.74. The number of carbonyl (C=O) groups is 1. The summed E-state index contributed by atoms with van der Waals surface area (Å²) in [7, 11) is 0. The van der Waals surface area contributed by atoms with Crippen molar-refractivity contribution in [2.24, 2.45) is 11.3 Å². The van der Waals surface area contributed by atoms with Gasteiger partial charge in [-0.05, 0) is 32.2 Å². The van der Waals surface area contributed by atoms with Crippen LogP contribution >= 0.6 is 0 Å². The molecule has 2 aliphatic rings. The lowest BCUT2D eigenvalue weighted by atomic mass is 9.86. The van der Waals surface area contributed by atoms with E-state index in [0.717, 1.165) is 39.0 Å². The molecule has 0 aromatic carbocycles. The van der Waals surface area contributed by atoms with Crippen molar-refractivity contribution in [3.63, 3.8) is 0 Å². The van der Waals surface area contributed by atoms with Gasteiger partial charge in [-0.3, -0.25) is 4.79 Å². The van der Waals surface area contributed by atoms with Crippen molar-refractivity contribution in [2.45, 2.75) is 39.5 Å². The van der Waals surface area contributed by atoms with Crippen LogP contribution < -0.4 is 5.32 Å². The van der Waals surface area contributed by atoms with Crippen molar-refractivity contribution >= 4 is 5.91 Å². The third kappa shape index (κ3) is 2.10. The van der Waals surface area contributed by atoms with Gasteiger partial charge in [-0.25, -0.2) is 0 Å². The Morgan fingerprint density at radius 2 is 2.12 bits per heavy atom. The molecule has 16 heavy (non-hydrogen) atoms. The molecule has 2 saturated heterocycles. The van der Waals surface area contributed by atoms with E-state index in [4.69, 9.17) is 0 Å². The Bertz CT molecular complexity index is 255. The largest absolute Gasteiger partial charge is 0.342 e. The lowest BCUT2D eigenvalue weighted by molar-refractivity contribution is -0.135. The van der Waals surface area contributed by atoms with E-state index in [9.17, 15) is 4.79 Å². The molecule has 1 amide bonds. The first kappa shape index (κ1) is 11.9. The van der Waals surface area contributed by atoms with Crippen molar-refractivity contribution in [3.05, 3.63) is 0 Å². The summed E-state index contributed by atoms with van der Waals surface area (Å²) in [5.74, 6) is 0.651. The van der Waals surface area contributed by atoms with E-state index in [1.54, 1.807) is 0 Å². The van der Waals surface area contributed by atoms with Crippen molar-refractivity contribution in [3.8, 4) is 0 Å². The summed E-state index contributed by atoms with van der Waals surface area (Å²) in [5.41, 5.74) is 0.418. The monoisotopic (exact) mass is 224 g/mol. The molecule has 0 aromatic heterocycles. The maximum absolute atomic E-state index is 12.3. The lowest BCUT2D eigenvalue weighted by Gasteiger charge is -2.25. The molecule has 0 aliphatic carbocycles. The van der Waals surface area contributed by atoms with Crippen LogP contribution in [0.3, 0.4) is 0 Å². The Kier molecular flexibility index (Phi) is 3.53. The van der Waals surface area contributed by atoms with Gasteiger partial charge in [-0.2, -0.15) is 0 Å². The number of amides is 1. The summed E-state index contributed by atoms with van der Waals surface area (Å²) >= 11 is 0. The molecule has 1 spiro atoms. The van der Waals surface area contributed by atoms with Gasteiger partial charge < -0.3 is 10.2 Å². The second-order valence-electron chi connectivity index (χ2n) is 5.45. The second-order valence-corrected chi connectivity index (χ2v) is 5.45. The van der Waals surface area contributed by atoms with Crippen LogP contribution in [0, 0.1) is 11.3 Å². The molecule has 0 radical (unpaired) electrons. The summed E-state index contributed by atoms with van der Waals surface area (Å²) in [4.78, 5) is 14.4. The van der Waals surface area contributed by atoms with E-state index < -0.39 is 0 Å². The number of hydrogen-bond acceptors (Lipinski definition) is 2. The van der Waals surface area contributed by atoms with Gasteiger partial charge >= 0.3 is 0 Å². The molecule has 3 heteroatoms. The van der Waals surface area contributed by atoms with Gasteiger partial charge in [0, 0.05) is 31.0 Å². The lowest BCUT2D eigenvalue weighted by Crippen LogP contribution is -2.36. The van der Waals surface area contributed by atoms with E-state index in [1.807, 2.05) is 0 Å². The standard InChI is InChI=1S/C13H24N2O/c1-3-11(4-2)12(16)15-8-6-13(10-15)5-7-14-9-13/h11,14H,3-10H2,1-2H3. The van der Waals surface area contributed by atoms with Crippen LogP contribution in [0.15, 0.2) is 0 Å². The summed E-state index contributed by atoms with van der Waals surface area (Å²) in [6.07, 6.45) is 4.42. The highest BCUT2D eigenvalue weighted by molar-refractivity contribution is 5.79. The highest BCUT2D eigenvalue weighted by atomic mass is 16.2. The Morgan fingerprint density at radius 3 is 2.69 bits per heavy atom. The number of nitrogens with one attached hydrogen (secondary N) is 1. The van der Waals surface area contributed by atoms with Gasteiger partial charge in [0.05, 0.1) is 0 Å². The molecule has 0 aromatic rings. The molecule has 0 saturated carbocycles. The van der Waals surface area contributed by atoms with Crippen LogP contribution in [-0.4, -0.2) is 37.0 Å². The minimum atomic E-state index is 0.254. The first-order chi connectivity index (χ1) is 7.71. The first-order valence-corrected chi connectivity index (χ1v) is 6.70. The number of rotatable bonds is 3. The number of nitrogens with zero attached hydrogens (tertiary/aromatic N) is 1. The quantitative estimate of drug-likeness (QED) is 0.790. The summed E-state index contributed by atoms with van der Waals surface area (Å²) in [6.45, 7) is 8.46. The molecular formula is C13H24N2O. The zero-order chi connectivity index (χ0) is 11.6. The smallest absolute Gasteiger partial charge is 0.225 e. The third-order valence-electron chi connectivity index (χ3n) is 4.42. The Hall–Kier alpha value is -0.570. The fourth-order valence-corrected chi connectivity index (χ4v) is 3.16. The molecule has 1 unspecified atom stereocenters. The van der Waals surface area contributed by atoms with E-state index in [0.29, 0.717) is 11.3 Å². The fraction of sp³-hybridized carbons (Fsp3) is 0.923. The van der Waals surface area contributed by atoms with Crippen LogP contribution in [0.25, 0.3) is 0 Å². The van der Waals surface area contributed by atoms with Crippen molar-refractivity contribution < 1.29 is 4.79 Å². The van der Waals surface area contributed by atoms with Gasteiger partial charge in [0.15, 0.2) is 0 Å². The molecule has 2 heterocycles. The molecule has 2 fully saturated rings. The maximum atomic E-state index is 12.3. The summed E-state index contributed by atoms with van der Waals surface area (Å²) in [6, 6.07) is 0. The van der Waals surface area contributed by atoms with Crippen molar-refractivity contribution in [1.82, 2.24) is 10.2 Å². The number of likely N-dealkylation sites (tertiary alicyclic amines) is 1. The highest BCUT2D eigenvalue weighted by Gasteiger charge is 2.42. The molecule has 1 atom stereocenters. The molecule has 1 N–H and O–H groups in total. The Morgan fingerprint density at radius 1 is 1.38 bits per heavy atom. The average molecular weight is 224 g/mol. The summed E-state index contributed by atoms with van der Waals surface area (Å²) in [5, 5.41) is 3.43. The first-order valence-electron chi connectivity index (χ1n) is 6.70. The molecule has 92 valence electrons. The van der Waals surface area contributed by atoms with Gasteiger partial charge in [-0.15, -0.1) is 0 Å². The zero-order valence-corrected chi connectivity index (χ0v) is 10.6. The molecule has 3 nitrogen and oxygen atoms in total. The topological polar surface area (TPSA) is 32.3 Å². The zero-order valence-electron chi connectivity index (χ0n) is 10.6. The van der Waals surface area contributed by atoms with Gasteiger partial charge in [0.25, 0.3) is 0 Å². The van der Waals surface area contributed by atoms with Gasteiger partial charge in [0.2, 0.25) is 5.91 Å². The van der Waals surface area contributed by atoms with Crippen molar-refractivity contribution in [2.75, 3.05) is 26.2 Å². The van der Waals surface area contributed by atoms with Gasteiger partial charge in [-0.1, -0.05) is 13.8 Å². The number of carbonyl (C=O) groups excluding carboxylic acids is 1.